The molecule has 0 aliphatic carbocycles. The zero-order valence-electron chi connectivity index (χ0n) is 14.0. The zero-order chi connectivity index (χ0) is 17.5. The second kappa shape index (κ2) is 8.06. The molecule has 25 heavy (non-hydrogen) atoms. The molecule has 0 fully saturated rings. The van der Waals surface area contributed by atoms with E-state index in [4.69, 9.17) is 4.74 Å². The van der Waals surface area contributed by atoms with E-state index in [2.05, 4.69) is 15.3 Å². The Labute approximate surface area is 146 Å². The Balaban J connectivity index is 1.67. The van der Waals surface area contributed by atoms with E-state index in [-0.39, 0.29) is 5.91 Å². The van der Waals surface area contributed by atoms with E-state index in [0.29, 0.717) is 19.0 Å². The molecule has 3 aromatic rings. The van der Waals surface area contributed by atoms with Gasteiger partial charge in [0.2, 0.25) is 11.8 Å². The molecule has 2 aromatic heterocycles. The third-order valence-electron chi connectivity index (χ3n) is 3.66. The first kappa shape index (κ1) is 16.6. The minimum atomic E-state index is -0.181. The number of hydrogen-bond acceptors (Lipinski definition) is 4. The van der Waals surface area contributed by atoms with Crippen LogP contribution in [0.3, 0.4) is 0 Å². The van der Waals surface area contributed by atoms with Crippen molar-refractivity contribution in [2.75, 3.05) is 6.61 Å². The number of carbonyl (C=O) groups is 1. The molecule has 0 radical (unpaired) electrons. The Bertz CT molecular complexity index is 901. The SMILES string of the molecule is CCOc1ncccc1CNC(=O)/C=C/c1cccc2cccnc12. The van der Waals surface area contributed by atoms with Crippen molar-refractivity contribution in [3.63, 3.8) is 0 Å². The van der Waals surface area contributed by atoms with E-state index in [1.165, 1.54) is 6.08 Å². The fraction of sp³-hybridized carbons (Fsp3) is 0.150. The molecule has 1 amide bonds. The molecule has 0 saturated carbocycles. The second-order valence-corrected chi connectivity index (χ2v) is 5.37. The predicted molar refractivity (Wildman–Crippen MR) is 98.0 cm³/mol. The summed E-state index contributed by atoms with van der Waals surface area (Å²) in [6, 6.07) is 13.5. The van der Waals surface area contributed by atoms with Crippen LogP contribution in [0.4, 0.5) is 0 Å². The minimum absolute atomic E-state index is 0.181. The molecule has 5 heteroatoms. The molecule has 0 aliphatic heterocycles. The summed E-state index contributed by atoms with van der Waals surface area (Å²) in [4.78, 5) is 20.7. The third-order valence-corrected chi connectivity index (χ3v) is 3.66. The highest BCUT2D eigenvalue weighted by Crippen LogP contribution is 2.17. The smallest absolute Gasteiger partial charge is 0.244 e. The third kappa shape index (κ3) is 4.20. The number of fused-ring (bicyclic) bond motifs is 1. The number of ether oxygens (including phenoxy) is 1. The van der Waals surface area contributed by atoms with Crippen LogP contribution in [0.2, 0.25) is 0 Å². The van der Waals surface area contributed by atoms with Crippen LogP contribution in [-0.4, -0.2) is 22.5 Å². The standard InChI is InChI=1S/C20H19N3O2/c1-2-25-20-17(9-5-13-22-20)14-23-18(24)11-10-16-7-3-6-15-8-4-12-21-19(15)16/h3-13H,2,14H2,1H3,(H,23,24)/b11-10+. The van der Waals surface area contributed by atoms with Crippen LogP contribution >= 0.6 is 0 Å². The van der Waals surface area contributed by atoms with Gasteiger partial charge in [-0.3, -0.25) is 9.78 Å². The molecular weight excluding hydrogens is 314 g/mol. The van der Waals surface area contributed by atoms with Gasteiger partial charge in [-0.15, -0.1) is 0 Å². The molecule has 0 atom stereocenters. The topological polar surface area (TPSA) is 64.1 Å². The number of amides is 1. The van der Waals surface area contributed by atoms with Gasteiger partial charge in [0.1, 0.15) is 0 Å². The average molecular weight is 333 g/mol. The summed E-state index contributed by atoms with van der Waals surface area (Å²) in [5.74, 6) is 0.367. The van der Waals surface area contributed by atoms with Crippen molar-refractivity contribution in [1.82, 2.24) is 15.3 Å². The van der Waals surface area contributed by atoms with Crippen LogP contribution in [0, 0.1) is 0 Å². The lowest BCUT2D eigenvalue weighted by Crippen LogP contribution is -2.20. The fourth-order valence-corrected chi connectivity index (χ4v) is 2.49. The number of carbonyl (C=O) groups excluding carboxylic acids is 1. The molecule has 126 valence electrons. The number of pyridine rings is 2. The lowest BCUT2D eigenvalue weighted by Gasteiger charge is -2.08. The molecule has 3 rings (SSSR count). The lowest BCUT2D eigenvalue weighted by atomic mass is 10.1. The maximum Gasteiger partial charge on any atom is 0.244 e. The van der Waals surface area contributed by atoms with Crippen molar-refractivity contribution in [3.05, 3.63) is 72.1 Å². The van der Waals surface area contributed by atoms with Crippen molar-refractivity contribution >= 4 is 22.9 Å². The highest BCUT2D eigenvalue weighted by atomic mass is 16.5. The first-order chi connectivity index (χ1) is 12.3. The number of rotatable bonds is 6. The molecule has 0 unspecified atom stereocenters. The van der Waals surface area contributed by atoms with Crippen molar-refractivity contribution in [3.8, 4) is 5.88 Å². The Morgan fingerprint density at radius 1 is 1.12 bits per heavy atom. The van der Waals surface area contributed by atoms with E-state index in [0.717, 1.165) is 22.0 Å². The summed E-state index contributed by atoms with van der Waals surface area (Å²) >= 11 is 0. The highest BCUT2D eigenvalue weighted by Gasteiger charge is 2.05. The van der Waals surface area contributed by atoms with Crippen molar-refractivity contribution < 1.29 is 9.53 Å². The van der Waals surface area contributed by atoms with Crippen LogP contribution in [0.1, 0.15) is 18.1 Å². The molecule has 0 spiro atoms. The second-order valence-electron chi connectivity index (χ2n) is 5.37. The monoisotopic (exact) mass is 333 g/mol. The number of nitrogens with zero attached hydrogens (tertiary/aromatic N) is 2. The molecular formula is C20H19N3O2. The first-order valence-electron chi connectivity index (χ1n) is 8.14. The molecule has 1 N–H and O–H groups in total. The van der Waals surface area contributed by atoms with Gasteiger partial charge in [-0.25, -0.2) is 4.98 Å². The van der Waals surface area contributed by atoms with Gasteiger partial charge in [-0.2, -0.15) is 0 Å². The van der Waals surface area contributed by atoms with Gasteiger partial charge in [-0.1, -0.05) is 30.3 Å². The van der Waals surface area contributed by atoms with Gasteiger partial charge in [-0.05, 0) is 25.1 Å². The van der Waals surface area contributed by atoms with E-state index in [9.17, 15) is 4.79 Å². The van der Waals surface area contributed by atoms with Gasteiger partial charge in [0.05, 0.1) is 12.1 Å². The fourth-order valence-electron chi connectivity index (χ4n) is 2.49. The number of benzene rings is 1. The van der Waals surface area contributed by atoms with Crippen molar-refractivity contribution in [2.45, 2.75) is 13.5 Å². The van der Waals surface area contributed by atoms with Gasteiger partial charge in [0.15, 0.2) is 0 Å². The average Bonchev–Trinajstić information content (AvgIpc) is 2.66. The highest BCUT2D eigenvalue weighted by molar-refractivity contribution is 5.95. The number of hydrogen-bond donors (Lipinski definition) is 1. The largest absolute Gasteiger partial charge is 0.478 e. The Morgan fingerprint density at radius 3 is 2.80 bits per heavy atom. The van der Waals surface area contributed by atoms with E-state index >= 15 is 0 Å². The van der Waals surface area contributed by atoms with Crippen LogP contribution < -0.4 is 10.1 Å². The summed E-state index contributed by atoms with van der Waals surface area (Å²) in [6.07, 6.45) is 6.71. The normalized spacial score (nSPS) is 10.9. The molecule has 0 bridgehead atoms. The molecule has 2 heterocycles. The number of aromatic nitrogens is 2. The van der Waals surface area contributed by atoms with Crippen LogP contribution in [0.15, 0.2) is 60.9 Å². The summed E-state index contributed by atoms with van der Waals surface area (Å²) in [7, 11) is 0. The quantitative estimate of drug-likeness (QED) is 0.703. The maximum absolute atomic E-state index is 12.1. The molecule has 5 nitrogen and oxygen atoms in total. The predicted octanol–water partition coefficient (Wildman–Crippen LogP) is 3.36. The van der Waals surface area contributed by atoms with Crippen molar-refractivity contribution in [1.29, 1.82) is 0 Å². The van der Waals surface area contributed by atoms with Crippen molar-refractivity contribution in [2.24, 2.45) is 0 Å². The van der Waals surface area contributed by atoms with Crippen LogP contribution in [-0.2, 0) is 11.3 Å². The summed E-state index contributed by atoms with van der Waals surface area (Å²) in [6.45, 7) is 2.80. The molecule has 0 aliphatic rings. The summed E-state index contributed by atoms with van der Waals surface area (Å²) < 4.78 is 5.46. The maximum atomic E-state index is 12.1. The van der Waals surface area contributed by atoms with Gasteiger partial charge < -0.3 is 10.1 Å². The lowest BCUT2D eigenvalue weighted by molar-refractivity contribution is -0.116. The van der Waals surface area contributed by atoms with Crippen LogP contribution in [0.25, 0.3) is 17.0 Å². The Hall–Kier alpha value is -3.21. The number of nitrogens with one attached hydrogen (secondary N) is 1. The molecule has 1 aromatic carbocycles. The summed E-state index contributed by atoms with van der Waals surface area (Å²) in [5.41, 5.74) is 2.63. The van der Waals surface area contributed by atoms with E-state index < -0.39 is 0 Å². The van der Waals surface area contributed by atoms with Gasteiger partial charge in [0.25, 0.3) is 0 Å². The zero-order valence-corrected chi connectivity index (χ0v) is 14.0. The van der Waals surface area contributed by atoms with Crippen LogP contribution in [0.5, 0.6) is 5.88 Å². The number of para-hydroxylation sites is 1. The van der Waals surface area contributed by atoms with E-state index in [1.807, 2.05) is 49.4 Å². The molecule has 0 saturated heterocycles. The van der Waals surface area contributed by atoms with Gasteiger partial charge in [0, 0.05) is 41.5 Å². The Kier molecular flexibility index (Phi) is 5.36. The van der Waals surface area contributed by atoms with Gasteiger partial charge >= 0.3 is 0 Å². The Morgan fingerprint density at radius 2 is 1.92 bits per heavy atom. The van der Waals surface area contributed by atoms with E-state index in [1.54, 1.807) is 18.5 Å². The first-order valence-corrected chi connectivity index (χ1v) is 8.14. The summed E-state index contributed by atoms with van der Waals surface area (Å²) in [5, 5.41) is 3.89. The minimum Gasteiger partial charge on any atom is -0.478 e.